The molecule has 4 aromatic rings. The lowest BCUT2D eigenvalue weighted by atomic mass is 9.80. The van der Waals surface area contributed by atoms with Gasteiger partial charge in [0.2, 0.25) is 0 Å². The van der Waals surface area contributed by atoms with E-state index in [9.17, 15) is 13.6 Å². The summed E-state index contributed by atoms with van der Waals surface area (Å²) >= 11 is 5.87. The van der Waals surface area contributed by atoms with Gasteiger partial charge in [0.05, 0.1) is 11.2 Å². The van der Waals surface area contributed by atoms with Crippen molar-refractivity contribution in [2.24, 2.45) is 0 Å². The average Bonchev–Trinajstić information content (AvgIpc) is 2.89. The van der Waals surface area contributed by atoms with Gasteiger partial charge in [-0.2, -0.15) is 0 Å². The van der Waals surface area contributed by atoms with Gasteiger partial charge >= 0.3 is 6.03 Å². The Labute approximate surface area is 213 Å². The third-order valence-corrected chi connectivity index (χ3v) is 7.18. The Kier molecular flexibility index (Phi) is 7.14. The Bertz CT molecular complexity index is 1370. The zero-order valence-electron chi connectivity index (χ0n) is 19.6. The summed E-state index contributed by atoms with van der Waals surface area (Å²) < 4.78 is 28.4. The minimum Gasteiger partial charge on any atom is -0.317 e. The molecule has 1 aromatic heterocycles. The molecule has 7 heteroatoms. The Morgan fingerprint density at radius 3 is 2.50 bits per heavy atom. The van der Waals surface area contributed by atoms with Crippen LogP contribution >= 0.6 is 11.6 Å². The summed E-state index contributed by atoms with van der Waals surface area (Å²) in [5, 5.41) is 3.85. The Hall–Kier alpha value is -3.51. The van der Waals surface area contributed by atoms with Crippen LogP contribution in [-0.4, -0.2) is 22.0 Å². The lowest BCUT2D eigenvalue weighted by molar-refractivity contribution is 0.158. The number of benzene rings is 3. The van der Waals surface area contributed by atoms with E-state index in [0.717, 1.165) is 47.7 Å². The molecule has 0 spiro atoms. The van der Waals surface area contributed by atoms with Crippen LogP contribution in [0.25, 0.3) is 10.9 Å². The minimum atomic E-state index is -0.573. The number of anilines is 1. The monoisotopic (exact) mass is 505 g/mol. The second kappa shape index (κ2) is 10.6. The molecule has 0 saturated heterocycles. The van der Waals surface area contributed by atoms with Crippen LogP contribution < -0.4 is 5.32 Å². The lowest BCUT2D eigenvalue weighted by Crippen LogP contribution is -2.44. The van der Waals surface area contributed by atoms with Crippen LogP contribution in [0.3, 0.4) is 0 Å². The van der Waals surface area contributed by atoms with E-state index in [2.05, 4.69) is 10.3 Å². The molecule has 184 valence electrons. The topological polar surface area (TPSA) is 45.2 Å². The second-order valence-electron chi connectivity index (χ2n) is 9.23. The van der Waals surface area contributed by atoms with Crippen LogP contribution in [0.2, 0.25) is 5.02 Å². The summed E-state index contributed by atoms with van der Waals surface area (Å²) in [5.41, 5.74) is 2.98. The molecule has 3 aromatic carbocycles. The number of nitrogens with one attached hydrogen (secondary N) is 1. The maximum atomic E-state index is 14.4. The highest BCUT2D eigenvalue weighted by Gasteiger charge is 2.30. The second-order valence-corrected chi connectivity index (χ2v) is 9.67. The van der Waals surface area contributed by atoms with Crippen molar-refractivity contribution in [3.05, 3.63) is 107 Å². The largest absolute Gasteiger partial charge is 0.322 e. The zero-order valence-corrected chi connectivity index (χ0v) is 20.4. The maximum absolute atomic E-state index is 14.4. The molecule has 1 fully saturated rings. The van der Waals surface area contributed by atoms with E-state index in [0.29, 0.717) is 6.54 Å². The Morgan fingerprint density at radius 1 is 0.972 bits per heavy atom. The van der Waals surface area contributed by atoms with Crippen molar-refractivity contribution in [1.82, 2.24) is 9.88 Å². The van der Waals surface area contributed by atoms with Crippen LogP contribution in [0, 0.1) is 11.6 Å². The lowest BCUT2D eigenvalue weighted by Gasteiger charge is -2.37. The highest BCUT2D eigenvalue weighted by atomic mass is 35.5. The van der Waals surface area contributed by atoms with Gasteiger partial charge < -0.3 is 10.2 Å². The van der Waals surface area contributed by atoms with Crippen molar-refractivity contribution >= 4 is 34.2 Å². The molecule has 0 aliphatic heterocycles. The molecule has 1 heterocycles. The minimum absolute atomic E-state index is 0.0124. The van der Waals surface area contributed by atoms with E-state index < -0.39 is 5.82 Å². The molecule has 1 saturated carbocycles. The molecule has 1 aliphatic carbocycles. The number of pyridine rings is 1. The Morgan fingerprint density at radius 2 is 1.75 bits per heavy atom. The fourth-order valence-corrected chi connectivity index (χ4v) is 5.28. The van der Waals surface area contributed by atoms with E-state index >= 15 is 0 Å². The number of nitrogens with zero attached hydrogens (tertiary/aromatic N) is 2. The number of rotatable bonds is 5. The third kappa shape index (κ3) is 5.34. The smallest absolute Gasteiger partial charge is 0.317 e. The van der Waals surface area contributed by atoms with Gasteiger partial charge in [0, 0.05) is 29.2 Å². The van der Waals surface area contributed by atoms with Gasteiger partial charge in [0.1, 0.15) is 11.6 Å². The Balaban J connectivity index is 1.35. The summed E-state index contributed by atoms with van der Waals surface area (Å²) in [6.07, 6.45) is 5.06. The highest BCUT2D eigenvalue weighted by Crippen LogP contribution is 2.38. The van der Waals surface area contributed by atoms with Crippen molar-refractivity contribution < 1.29 is 13.6 Å². The quantitative estimate of drug-likeness (QED) is 0.299. The summed E-state index contributed by atoms with van der Waals surface area (Å²) in [6.45, 7) is 0.417. The van der Waals surface area contributed by atoms with Gasteiger partial charge in [-0.1, -0.05) is 41.9 Å². The molecule has 5 rings (SSSR count). The SMILES string of the molecule is O=C(Nc1ccc(Cl)cc1F)N(Cc1ccccc1)[C@H]1CC[C@H](c2ccnc3ccc(F)cc32)CC1. The number of urea groups is 1. The molecule has 4 nitrogen and oxygen atoms in total. The van der Waals surface area contributed by atoms with Crippen molar-refractivity contribution in [3.8, 4) is 0 Å². The summed E-state index contributed by atoms with van der Waals surface area (Å²) in [4.78, 5) is 19.6. The molecular weight excluding hydrogens is 480 g/mol. The number of fused-ring (bicyclic) bond motifs is 1. The molecule has 0 atom stereocenters. The summed E-state index contributed by atoms with van der Waals surface area (Å²) in [6, 6.07) is 20.3. The predicted octanol–water partition coefficient (Wildman–Crippen LogP) is 7.93. The van der Waals surface area contributed by atoms with Gasteiger partial charge in [0.15, 0.2) is 0 Å². The number of carbonyl (C=O) groups excluding carboxylic acids is 1. The molecule has 1 N–H and O–H groups in total. The molecule has 2 amide bonds. The van der Waals surface area contributed by atoms with Crippen LogP contribution in [-0.2, 0) is 6.54 Å². The van der Waals surface area contributed by atoms with E-state index in [1.807, 2.05) is 36.4 Å². The average molecular weight is 506 g/mol. The van der Waals surface area contributed by atoms with Crippen molar-refractivity contribution in [1.29, 1.82) is 0 Å². The molecular formula is C29H26ClF2N3O. The van der Waals surface area contributed by atoms with Crippen LogP contribution in [0.15, 0.2) is 79.0 Å². The molecule has 36 heavy (non-hydrogen) atoms. The maximum Gasteiger partial charge on any atom is 0.322 e. The van der Waals surface area contributed by atoms with Crippen LogP contribution in [0.4, 0.5) is 19.3 Å². The fraction of sp³-hybridized carbons (Fsp3) is 0.241. The summed E-state index contributed by atoms with van der Waals surface area (Å²) in [5.74, 6) is -0.592. The van der Waals surface area contributed by atoms with Gasteiger partial charge in [0.25, 0.3) is 0 Å². The molecule has 0 radical (unpaired) electrons. The number of hydrogen-bond acceptors (Lipinski definition) is 2. The fourth-order valence-electron chi connectivity index (χ4n) is 5.12. The summed E-state index contributed by atoms with van der Waals surface area (Å²) in [7, 11) is 0. The molecule has 1 aliphatic rings. The van der Waals surface area contributed by atoms with Gasteiger partial charge in [-0.05, 0) is 85.2 Å². The number of amides is 2. The van der Waals surface area contributed by atoms with Crippen molar-refractivity contribution in [3.63, 3.8) is 0 Å². The first-order valence-electron chi connectivity index (χ1n) is 12.1. The third-order valence-electron chi connectivity index (χ3n) is 6.94. The van der Waals surface area contributed by atoms with E-state index in [4.69, 9.17) is 11.6 Å². The normalized spacial score (nSPS) is 17.6. The van der Waals surface area contributed by atoms with Crippen LogP contribution in [0.1, 0.15) is 42.7 Å². The predicted molar refractivity (Wildman–Crippen MR) is 139 cm³/mol. The van der Waals surface area contributed by atoms with Gasteiger partial charge in [-0.25, -0.2) is 13.6 Å². The number of halogens is 3. The highest BCUT2D eigenvalue weighted by molar-refractivity contribution is 6.30. The first-order chi connectivity index (χ1) is 17.5. The number of aromatic nitrogens is 1. The van der Waals surface area contributed by atoms with Crippen molar-refractivity contribution in [2.45, 2.75) is 44.2 Å². The first-order valence-corrected chi connectivity index (χ1v) is 12.5. The number of hydrogen-bond donors (Lipinski definition) is 1. The first kappa shape index (κ1) is 24.2. The van der Waals surface area contributed by atoms with Crippen LogP contribution in [0.5, 0.6) is 0 Å². The zero-order chi connectivity index (χ0) is 25.1. The van der Waals surface area contributed by atoms with E-state index in [1.54, 1.807) is 29.3 Å². The van der Waals surface area contributed by atoms with Crippen molar-refractivity contribution in [2.75, 3.05) is 5.32 Å². The van der Waals surface area contributed by atoms with E-state index in [-0.39, 0.29) is 34.5 Å². The van der Waals surface area contributed by atoms with E-state index in [1.165, 1.54) is 18.2 Å². The standard InChI is InChI=1S/C29H26ClF2N3O/c30-21-8-12-28(26(32)16-21)34-29(36)35(18-19-4-2-1-3-5-19)23-10-6-20(7-11-23)24-14-15-33-27-13-9-22(31)17-25(24)27/h1-5,8-9,12-17,20,23H,6-7,10-11,18H2,(H,34,36)/t20-,23-. The van der Waals surface area contributed by atoms with Gasteiger partial charge in [-0.15, -0.1) is 0 Å². The van der Waals surface area contributed by atoms with Gasteiger partial charge in [-0.3, -0.25) is 4.98 Å². The molecule has 0 unspecified atom stereocenters. The molecule has 0 bridgehead atoms. The number of carbonyl (C=O) groups is 1.